The molecular formula is C25H30N4S. The minimum atomic E-state index is 0.0255. The number of thiocarbonyl (C=S) groups is 1. The molecule has 4 rings (SSSR count). The Morgan fingerprint density at radius 3 is 2.43 bits per heavy atom. The van der Waals surface area contributed by atoms with E-state index in [2.05, 4.69) is 90.8 Å². The van der Waals surface area contributed by atoms with Gasteiger partial charge in [-0.3, -0.25) is 4.98 Å². The van der Waals surface area contributed by atoms with Gasteiger partial charge < -0.3 is 14.8 Å². The van der Waals surface area contributed by atoms with Crippen LogP contribution in [0, 0.1) is 13.8 Å². The molecule has 1 aliphatic rings. The van der Waals surface area contributed by atoms with Crippen molar-refractivity contribution in [3.63, 3.8) is 0 Å². The molecule has 0 radical (unpaired) electrons. The maximum Gasteiger partial charge on any atom is 0.170 e. The van der Waals surface area contributed by atoms with E-state index in [1.54, 1.807) is 0 Å². The van der Waals surface area contributed by atoms with Crippen LogP contribution >= 0.6 is 12.2 Å². The van der Waals surface area contributed by atoms with Crippen LogP contribution in [0.3, 0.4) is 0 Å². The van der Waals surface area contributed by atoms with Crippen LogP contribution < -0.4 is 5.32 Å². The van der Waals surface area contributed by atoms with Crippen LogP contribution in [0.2, 0.25) is 0 Å². The third-order valence-corrected chi connectivity index (χ3v) is 6.41. The van der Waals surface area contributed by atoms with Crippen molar-refractivity contribution >= 4 is 17.3 Å². The molecule has 3 aromatic rings. The largest absolute Gasteiger partial charge is 0.352 e. The van der Waals surface area contributed by atoms with Crippen molar-refractivity contribution in [1.29, 1.82) is 0 Å². The smallest absolute Gasteiger partial charge is 0.170 e. The zero-order valence-electron chi connectivity index (χ0n) is 18.4. The molecule has 2 aromatic heterocycles. The second-order valence-electron chi connectivity index (χ2n) is 8.31. The molecule has 1 fully saturated rings. The number of aromatic nitrogens is 2. The number of benzene rings is 1. The van der Waals surface area contributed by atoms with E-state index in [0.717, 1.165) is 17.2 Å². The Morgan fingerprint density at radius 1 is 1.10 bits per heavy atom. The Morgan fingerprint density at radius 2 is 1.83 bits per heavy atom. The minimum absolute atomic E-state index is 0.0255. The molecule has 1 aromatic carbocycles. The molecule has 0 bridgehead atoms. The predicted octanol–water partition coefficient (Wildman–Crippen LogP) is 5.43. The highest BCUT2D eigenvalue weighted by atomic mass is 32.1. The van der Waals surface area contributed by atoms with Gasteiger partial charge in [0.05, 0.1) is 17.8 Å². The number of hydrogen-bond acceptors (Lipinski definition) is 2. The first kappa shape index (κ1) is 20.6. The Balaban J connectivity index is 1.82. The molecule has 0 aliphatic carbocycles. The number of nitrogens with zero attached hydrogens (tertiary/aromatic N) is 3. The fraction of sp³-hybridized carbons (Fsp3) is 0.360. The van der Waals surface area contributed by atoms with Gasteiger partial charge in [0.1, 0.15) is 0 Å². The fourth-order valence-electron chi connectivity index (χ4n) is 4.62. The molecule has 2 atom stereocenters. The van der Waals surface area contributed by atoms with E-state index in [4.69, 9.17) is 12.2 Å². The summed E-state index contributed by atoms with van der Waals surface area (Å²) < 4.78 is 2.35. The molecule has 4 nitrogen and oxygen atoms in total. The van der Waals surface area contributed by atoms with E-state index in [1.165, 1.54) is 28.2 Å². The van der Waals surface area contributed by atoms with Gasteiger partial charge in [0.2, 0.25) is 0 Å². The van der Waals surface area contributed by atoms with E-state index in [9.17, 15) is 0 Å². The number of nitrogens with one attached hydrogen (secondary N) is 1. The quantitative estimate of drug-likeness (QED) is 0.560. The van der Waals surface area contributed by atoms with Gasteiger partial charge in [-0.2, -0.15) is 0 Å². The summed E-state index contributed by atoms with van der Waals surface area (Å²) in [5, 5.41) is 4.34. The molecule has 30 heavy (non-hydrogen) atoms. The maximum atomic E-state index is 5.76. The predicted molar refractivity (Wildman–Crippen MR) is 127 cm³/mol. The summed E-state index contributed by atoms with van der Waals surface area (Å²) in [5.74, 6) is 0. The van der Waals surface area contributed by atoms with Crippen LogP contribution in [0.4, 0.5) is 0 Å². The third-order valence-electron chi connectivity index (χ3n) is 6.08. The highest BCUT2D eigenvalue weighted by Gasteiger charge is 2.42. The van der Waals surface area contributed by atoms with Crippen molar-refractivity contribution in [2.45, 2.75) is 59.2 Å². The fourth-order valence-corrected chi connectivity index (χ4v) is 5.07. The number of hydrogen-bond donors (Lipinski definition) is 1. The molecule has 0 unspecified atom stereocenters. The Labute approximate surface area is 184 Å². The Hall–Kier alpha value is -2.66. The standard InChI is InChI=1S/C25H30N4S/c1-6-19-10-12-20(13-11-19)29-17(4)15-21(18(29)5)24-23(22-9-7-8-14-26-22)27-25(30)28(24)16(2)3/h7-16,23-24H,6H2,1-5H3,(H,27,30)/t23-,24-/m0/s1. The van der Waals surface area contributed by atoms with Crippen LogP contribution in [0.5, 0.6) is 0 Å². The average Bonchev–Trinajstić information content (AvgIpc) is 3.24. The summed E-state index contributed by atoms with van der Waals surface area (Å²) in [4.78, 5) is 6.97. The van der Waals surface area contributed by atoms with Crippen molar-refractivity contribution in [3.05, 3.63) is 82.9 Å². The summed E-state index contributed by atoms with van der Waals surface area (Å²) in [7, 11) is 0. The van der Waals surface area contributed by atoms with Gasteiger partial charge in [-0.05, 0) is 87.8 Å². The first-order valence-corrected chi connectivity index (χ1v) is 11.1. The Kier molecular flexibility index (Phi) is 5.65. The molecule has 156 valence electrons. The van der Waals surface area contributed by atoms with Gasteiger partial charge in [0.15, 0.2) is 5.11 Å². The molecule has 1 N–H and O–H groups in total. The van der Waals surface area contributed by atoms with E-state index < -0.39 is 0 Å². The number of rotatable bonds is 5. The van der Waals surface area contributed by atoms with E-state index in [-0.39, 0.29) is 18.1 Å². The lowest BCUT2D eigenvalue weighted by atomic mass is 9.96. The van der Waals surface area contributed by atoms with Crippen LogP contribution in [0.1, 0.15) is 61.1 Å². The van der Waals surface area contributed by atoms with Gasteiger partial charge in [-0.1, -0.05) is 25.1 Å². The molecule has 0 amide bonds. The van der Waals surface area contributed by atoms with Crippen molar-refractivity contribution in [3.8, 4) is 5.69 Å². The van der Waals surface area contributed by atoms with Gasteiger partial charge in [-0.25, -0.2) is 0 Å². The molecule has 1 aliphatic heterocycles. The van der Waals surface area contributed by atoms with Gasteiger partial charge in [0, 0.05) is 29.3 Å². The van der Waals surface area contributed by atoms with Crippen molar-refractivity contribution in [2.24, 2.45) is 0 Å². The van der Waals surface area contributed by atoms with Gasteiger partial charge in [-0.15, -0.1) is 0 Å². The topological polar surface area (TPSA) is 33.1 Å². The van der Waals surface area contributed by atoms with Crippen molar-refractivity contribution < 1.29 is 0 Å². The lowest BCUT2D eigenvalue weighted by molar-refractivity contribution is 0.269. The zero-order valence-corrected chi connectivity index (χ0v) is 19.2. The zero-order chi connectivity index (χ0) is 21.4. The monoisotopic (exact) mass is 418 g/mol. The molecule has 1 saturated heterocycles. The summed E-state index contributed by atoms with van der Waals surface area (Å²) in [5.41, 5.74) is 7.35. The summed E-state index contributed by atoms with van der Waals surface area (Å²) in [6.45, 7) is 11.0. The van der Waals surface area contributed by atoms with Crippen LogP contribution in [-0.4, -0.2) is 25.6 Å². The summed E-state index contributed by atoms with van der Waals surface area (Å²) >= 11 is 5.76. The lowest BCUT2D eigenvalue weighted by Crippen LogP contribution is -2.35. The molecule has 0 spiro atoms. The van der Waals surface area contributed by atoms with E-state index in [0.29, 0.717) is 0 Å². The third kappa shape index (κ3) is 3.52. The molecule has 0 saturated carbocycles. The SMILES string of the molecule is CCc1ccc(-n2c(C)cc([C@H]3[C@H](c4ccccn4)NC(=S)N3C(C)C)c2C)cc1. The Bertz CT molecular complexity index is 1040. The maximum absolute atomic E-state index is 5.76. The number of pyridine rings is 1. The highest BCUT2D eigenvalue weighted by Crippen LogP contribution is 2.42. The van der Waals surface area contributed by atoms with Gasteiger partial charge in [0.25, 0.3) is 0 Å². The first-order chi connectivity index (χ1) is 14.4. The molecule has 5 heteroatoms. The van der Waals surface area contributed by atoms with Crippen LogP contribution in [-0.2, 0) is 6.42 Å². The molecular weight excluding hydrogens is 388 g/mol. The minimum Gasteiger partial charge on any atom is -0.352 e. The highest BCUT2D eigenvalue weighted by molar-refractivity contribution is 7.80. The van der Waals surface area contributed by atoms with Crippen LogP contribution in [0.15, 0.2) is 54.7 Å². The summed E-state index contributed by atoms with van der Waals surface area (Å²) in [6.07, 6.45) is 2.91. The van der Waals surface area contributed by atoms with Gasteiger partial charge >= 0.3 is 0 Å². The van der Waals surface area contributed by atoms with Crippen molar-refractivity contribution in [1.82, 2.24) is 19.8 Å². The second-order valence-corrected chi connectivity index (χ2v) is 8.70. The average molecular weight is 419 g/mol. The van der Waals surface area contributed by atoms with Crippen molar-refractivity contribution in [2.75, 3.05) is 0 Å². The lowest BCUT2D eigenvalue weighted by Gasteiger charge is -2.31. The second kappa shape index (κ2) is 8.23. The van der Waals surface area contributed by atoms with E-state index >= 15 is 0 Å². The number of aryl methyl sites for hydroxylation is 2. The summed E-state index contributed by atoms with van der Waals surface area (Å²) in [6, 6.07) is 17.7. The first-order valence-electron chi connectivity index (χ1n) is 10.7. The van der Waals surface area contributed by atoms with E-state index in [1.807, 2.05) is 18.3 Å². The normalized spacial score (nSPS) is 18.9. The van der Waals surface area contributed by atoms with Crippen LogP contribution in [0.25, 0.3) is 5.69 Å². The molecule has 3 heterocycles.